The number of nitrogens with zero attached hydrogens (tertiary/aromatic N) is 3. The molecule has 19 heavy (non-hydrogen) atoms. The monoisotopic (exact) mass is 259 g/mol. The SMILES string of the molecule is Cc1nc(C(C)C)nc2c1c(C(=O)O)cn2C1CC1. The highest BCUT2D eigenvalue weighted by Gasteiger charge is 2.29. The smallest absolute Gasteiger partial charge is 0.338 e. The summed E-state index contributed by atoms with van der Waals surface area (Å²) in [6.45, 7) is 5.95. The first-order valence-electron chi connectivity index (χ1n) is 6.61. The van der Waals surface area contributed by atoms with Crippen molar-refractivity contribution in [2.45, 2.75) is 45.6 Å². The van der Waals surface area contributed by atoms with E-state index in [0.29, 0.717) is 17.0 Å². The first-order valence-corrected chi connectivity index (χ1v) is 6.61. The number of carbonyl (C=O) groups is 1. The lowest BCUT2D eigenvalue weighted by Gasteiger charge is -2.08. The van der Waals surface area contributed by atoms with Crippen LogP contribution in [0.3, 0.4) is 0 Å². The Kier molecular flexibility index (Phi) is 2.59. The number of aromatic carboxylic acids is 1. The molecule has 0 amide bonds. The number of aryl methyl sites for hydroxylation is 1. The highest BCUT2D eigenvalue weighted by atomic mass is 16.4. The molecule has 0 radical (unpaired) electrons. The van der Waals surface area contributed by atoms with Gasteiger partial charge in [-0.05, 0) is 19.8 Å². The van der Waals surface area contributed by atoms with E-state index in [1.54, 1.807) is 6.20 Å². The average Bonchev–Trinajstić information content (AvgIpc) is 3.09. The molecule has 1 saturated carbocycles. The van der Waals surface area contributed by atoms with E-state index >= 15 is 0 Å². The van der Waals surface area contributed by atoms with Crippen molar-refractivity contribution in [2.24, 2.45) is 0 Å². The van der Waals surface area contributed by atoms with E-state index in [2.05, 4.69) is 9.97 Å². The lowest BCUT2D eigenvalue weighted by Crippen LogP contribution is -2.03. The Labute approximate surface area is 111 Å². The Morgan fingerprint density at radius 1 is 1.42 bits per heavy atom. The number of carboxylic acid groups (broad SMARTS) is 1. The summed E-state index contributed by atoms with van der Waals surface area (Å²) in [6.07, 6.45) is 3.92. The van der Waals surface area contributed by atoms with Gasteiger partial charge in [-0.3, -0.25) is 0 Å². The van der Waals surface area contributed by atoms with Crippen LogP contribution in [0.25, 0.3) is 11.0 Å². The van der Waals surface area contributed by atoms with Gasteiger partial charge in [0.1, 0.15) is 11.5 Å². The lowest BCUT2D eigenvalue weighted by molar-refractivity contribution is 0.0698. The van der Waals surface area contributed by atoms with Gasteiger partial charge in [-0.15, -0.1) is 0 Å². The minimum atomic E-state index is -0.909. The average molecular weight is 259 g/mol. The predicted octanol–water partition coefficient (Wildman–Crippen LogP) is 2.90. The molecule has 2 aromatic rings. The van der Waals surface area contributed by atoms with Crippen molar-refractivity contribution in [3.05, 3.63) is 23.3 Å². The van der Waals surface area contributed by atoms with Crippen molar-refractivity contribution < 1.29 is 9.90 Å². The number of fused-ring (bicyclic) bond motifs is 1. The van der Waals surface area contributed by atoms with Crippen LogP contribution < -0.4 is 0 Å². The first-order chi connectivity index (χ1) is 8.99. The van der Waals surface area contributed by atoms with Gasteiger partial charge in [0.05, 0.1) is 16.6 Å². The van der Waals surface area contributed by atoms with Crippen molar-refractivity contribution >= 4 is 17.0 Å². The third kappa shape index (κ3) is 1.89. The molecule has 0 aliphatic heterocycles. The maximum atomic E-state index is 11.4. The zero-order chi connectivity index (χ0) is 13.7. The molecule has 0 saturated heterocycles. The van der Waals surface area contributed by atoms with Crippen molar-refractivity contribution in [1.29, 1.82) is 0 Å². The molecule has 1 aliphatic carbocycles. The van der Waals surface area contributed by atoms with E-state index in [0.717, 1.165) is 30.0 Å². The second kappa shape index (κ2) is 4.05. The Hall–Kier alpha value is -1.91. The molecule has 5 heteroatoms. The van der Waals surface area contributed by atoms with Crippen LogP contribution in [-0.2, 0) is 0 Å². The van der Waals surface area contributed by atoms with Gasteiger partial charge in [0.2, 0.25) is 0 Å². The zero-order valence-corrected chi connectivity index (χ0v) is 11.3. The molecule has 0 unspecified atom stereocenters. The van der Waals surface area contributed by atoms with Gasteiger partial charge >= 0.3 is 5.97 Å². The van der Waals surface area contributed by atoms with Crippen molar-refractivity contribution in [2.75, 3.05) is 0 Å². The molecule has 2 heterocycles. The van der Waals surface area contributed by atoms with Gasteiger partial charge in [-0.2, -0.15) is 0 Å². The highest BCUT2D eigenvalue weighted by molar-refractivity contribution is 6.03. The summed E-state index contributed by atoms with van der Waals surface area (Å²) in [6, 6.07) is 0.407. The van der Waals surface area contributed by atoms with Crippen LogP contribution >= 0.6 is 0 Å². The van der Waals surface area contributed by atoms with Crippen molar-refractivity contribution in [1.82, 2.24) is 14.5 Å². The lowest BCUT2D eigenvalue weighted by atomic mass is 10.1. The summed E-state index contributed by atoms with van der Waals surface area (Å²) in [7, 11) is 0. The Morgan fingerprint density at radius 2 is 2.11 bits per heavy atom. The molecule has 1 N–H and O–H groups in total. The third-order valence-corrected chi connectivity index (χ3v) is 3.56. The molecule has 0 bridgehead atoms. The molecule has 0 aromatic carbocycles. The second-order valence-corrected chi connectivity index (χ2v) is 5.51. The van der Waals surface area contributed by atoms with E-state index < -0.39 is 5.97 Å². The van der Waals surface area contributed by atoms with Crippen molar-refractivity contribution in [3.8, 4) is 0 Å². The summed E-state index contributed by atoms with van der Waals surface area (Å²) >= 11 is 0. The molecule has 1 fully saturated rings. The molecular formula is C14H17N3O2. The van der Waals surface area contributed by atoms with E-state index in [-0.39, 0.29) is 5.92 Å². The summed E-state index contributed by atoms with van der Waals surface area (Å²) < 4.78 is 2.01. The van der Waals surface area contributed by atoms with Crippen LogP contribution in [-0.4, -0.2) is 25.6 Å². The summed E-state index contributed by atoms with van der Waals surface area (Å²) in [5.41, 5.74) is 1.84. The number of hydrogen-bond donors (Lipinski definition) is 1. The van der Waals surface area contributed by atoms with Gasteiger partial charge in [0.25, 0.3) is 0 Å². The largest absolute Gasteiger partial charge is 0.478 e. The van der Waals surface area contributed by atoms with Crippen LogP contribution in [0.15, 0.2) is 6.20 Å². The van der Waals surface area contributed by atoms with E-state index in [1.807, 2.05) is 25.3 Å². The van der Waals surface area contributed by atoms with Gasteiger partial charge < -0.3 is 9.67 Å². The van der Waals surface area contributed by atoms with E-state index in [9.17, 15) is 9.90 Å². The summed E-state index contributed by atoms with van der Waals surface area (Å²) in [4.78, 5) is 20.4. The quantitative estimate of drug-likeness (QED) is 0.920. The van der Waals surface area contributed by atoms with Gasteiger partial charge in [-0.25, -0.2) is 14.8 Å². The maximum absolute atomic E-state index is 11.4. The molecule has 3 rings (SSSR count). The van der Waals surface area contributed by atoms with Crippen LogP contribution in [0, 0.1) is 6.92 Å². The van der Waals surface area contributed by atoms with Crippen LogP contribution in [0.4, 0.5) is 0 Å². The standard InChI is InChI=1S/C14H17N3O2/c1-7(2)12-15-8(3)11-10(14(18)19)6-17(9-4-5-9)13(11)16-12/h6-7,9H,4-5H2,1-3H3,(H,18,19). The molecule has 5 nitrogen and oxygen atoms in total. The highest BCUT2D eigenvalue weighted by Crippen LogP contribution is 2.39. The number of carboxylic acids is 1. The fraction of sp³-hybridized carbons (Fsp3) is 0.500. The molecular weight excluding hydrogens is 242 g/mol. The molecule has 2 aromatic heterocycles. The maximum Gasteiger partial charge on any atom is 0.338 e. The number of rotatable bonds is 3. The minimum absolute atomic E-state index is 0.235. The van der Waals surface area contributed by atoms with Crippen LogP contribution in [0.5, 0.6) is 0 Å². The molecule has 0 atom stereocenters. The minimum Gasteiger partial charge on any atom is -0.478 e. The van der Waals surface area contributed by atoms with Gasteiger partial charge in [0, 0.05) is 18.2 Å². The Balaban J connectivity index is 2.33. The third-order valence-electron chi connectivity index (χ3n) is 3.56. The Bertz CT molecular complexity index is 669. The molecule has 0 spiro atoms. The van der Waals surface area contributed by atoms with Crippen molar-refractivity contribution in [3.63, 3.8) is 0 Å². The van der Waals surface area contributed by atoms with Gasteiger partial charge in [-0.1, -0.05) is 13.8 Å². The fourth-order valence-corrected chi connectivity index (χ4v) is 2.40. The first kappa shape index (κ1) is 12.1. The zero-order valence-electron chi connectivity index (χ0n) is 11.3. The number of hydrogen-bond acceptors (Lipinski definition) is 3. The summed E-state index contributed by atoms with van der Waals surface area (Å²) in [5, 5.41) is 10.0. The van der Waals surface area contributed by atoms with Crippen LogP contribution in [0.2, 0.25) is 0 Å². The fourth-order valence-electron chi connectivity index (χ4n) is 2.40. The molecule has 100 valence electrons. The summed E-state index contributed by atoms with van der Waals surface area (Å²) in [5.74, 6) is 0.106. The van der Waals surface area contributed by atoms with Crippen LogP contribution in [0.1, 0.15) is 60.5 Å². The number of aromatic nitrogens is 3. The second-order valence-electron chi connectivity index (χ2n) is 5.51. The van der Waals surface area contributed by atoms with Gasteiger partial charge in [0.15, 0.2) is 0 Å². The normalized spacial score (nSPS) is 15.4. The Morgan fingerprint density at radius 3 is 2.63 bits per heavy atom. The topological polar surface area (TPSA) is 68.0 Å². The van der Waals surface area contributed by atoms with E-state index in [4.69, 9.17) is 0 Å². The molecule has 1 aliphatic rings. The predicted molar refractivity (Wildman–Crippen MR) is 71.6 cm³/mol. The van der Waals surface area contributed by atoms with E-state index in [1.165, 1.54) is 0 Å².